The van der Waals surface area contributed by atoms with Crippen LogP contribution in [-0.2, 0) is 0 Å². The summed E-state index contributed by atoms with van der Waals surface area (Å²) in [7, 11) is 0. The van der Waals surface area contributed by atoms with Gasteiger partial charge in [-0.3, -0.25) is 4.79 Å². The lowest BCUT2D eigenvalue weighted by Gasteiger charge is -2.23. The lowest BCUT2D eigenvalue weighted by molar-refractivity contribution is 0.0943. The molecular weight excluding hydrogens is 238 g/mol. The molecule has 1 saturated heterocycles. The van der Waals surface area contributed by atoms with E-state index in [0.717, 1.165) is 37.9 Å². The molecular formula is C13H16F2N2O. The van der Waals surface area contributed by atoms with E-state index in [2.05, 4.69) is 10.6 Å². The van der Waals surface area contributed by atoms with Gasteiger partial charge in [0.25, 0.3) is 5.91 Å². The van der Waals surface area contributed by atoms with Gasteiger partial charge in [-0.2, -0.15) is 0 Å². The zero-order valence-corrected chi connectivity index (χ0v) is 10.0. The van der Waals surface area contributed by atoms with Crippen LogP contribution in [0.1, 0.15) is 29.6 Å². The number of carbonyl (C=O) groups excluding carboxylic acids is 1. The van der Waals surface area contributed by atoms with E-state index in [1.807, 2.05) is 0 Å². The number of halogens is 2. The molecule has 0 aromatic heterocycles. The van der Waals surface area contributed by atoms with Crippen molar-refractivity contribution in [3.63, 3.8) is 0 Å². The Balaban J connectivity index is 1.90. The molecule has 18 heavy (non-hydrogen) atoms. The Morgan fingerprint density at radius 2 is 2.22 bits per heavy atom. The molecule has 1 aromatic carbocycles. The highest BCUT2D eigenvalue weighted by Crippen LogP contribution is 2.10. The van der Waals surface area contributed by atoms with E-state index in [9.17, 15) is 13.6 Å². The molecule has 2 rings (SSSR count). The monoisotopic (exact) mass is 254 g/mol. The van der Waals surface area contributed by atoms with Crippen LogP contribution in [-0.4, -0.2) is 25.0 Å². The lowest BCUT2D eigenvalue weighted by Crippen LogP contribution is -2.43. The van der Waals surface area contributed by atoms with Crippen LogP contribution in [0.25, 0.3) is 0 Å². The van der Waals surface area contributed by atoms with Gasteiger partial charge in [0.1, 0.15) is 11.6 Å². The number of hydrogen-bond donors (Lipinski definition) is 2. The van der Waals surface area contributed by atoms with Gasteiger partial charge >= 0.3 is 0 Å². The first-order chi connectivity index (χ1) is 8.66. The van der Waals surface area contributed by atoms with Crippen molar-refractivity contribution >= 4 is 5.91 Å². The van der Waals surface area contributed by atoms with Crippen LogP contribution < -0.4 is 10.6 Å². The fourth-order valence-electron chi connectivity index (χ4n) is 2.08. The maximum atomic E-state index is 13.3. The summed E-state index contributed by atoms with van der Waals surface area (Å²) in [6.07, 6.45) is 3.29. The minimum atomic E-state index is -0.830. The molecule has 1 atom stereocenters. The molecule has 1 amide bonds. The molecule has 1 fully saturated rings. The number of benzene rings is 1. The van der Waals surface area contributed by atoms with Gasteiger partial charge in [0.15, 0.2) is 0 Å². The van der Waals surface area contributed by atoms with Gasteiger partial charge in [-0.05, 0) is 31.5 Å². The molecule has 0 radical (unpaired) electrons. The Bertz CT molecular complexity index is 431. The molecule has 1 aromatic rings. The Morgan fingerprint density at radius 1 is 1.39 bits per heavy atom. The number of piperidine rings is 1. The smallest absolute Gasteiger partial charge is 0.254 e. The van der Waals surface area contributed by atoms with Crippen molar-refractivity contribution in [3.05, 3.63) is 35.4 Å². The number of amides is 1. The number of rotatable bonds is 3. The summed E-state index contributed by atoms with van der Waals surface area (Å²) in [5.74, 6) is -2.01. The molecule has 1 aliphatic rings. The molecule has 0 bridgehead atoms. The molecule has 98 valence electrons. The average Bonchev–Trinajstić information content (AvgIpc) is 2.37. The predicted molar refractivity (Wildman–Crippen MR) is 64.3 cm³/mol. The van der Waals surface area contributed by atoms with Crippen LogP contribution in [0.3, 0.4) is 0 Å². The van der Waals surface area contributed by atoms with E-state index in [-0.39, 0.29) is 11.6 Å². The first-order valence-electron chi connectivity index (χ1n) is 6.13. The summed E-state index contributed by atoms with van der Waals surface area (Å²) in [5.41, 5.74) is -0.118. The van der Waals surface area contributed by atoms with Gasteiger partial charge in [0.2, 0.25) is 0 Å². The predicted octanol–water partition coefficient (Wildman–Crippen LogP) is 1.84. The largest absolute Gasteiger partial charge is 0.350 e. The van der Waals surface area contributed by atoms with E-state index in [1.165, 1.54) is 0 Å². The van der Waals surface area contributed by atoms with Crippen LogP contribution in [0, 0.1) is 11.6 Å². The third kappa shape index (κ3) is 3.26. The Kier molecular flexibility index (Phi) is 4.25. The van der Waals surface area contributed by atoms with Gasteiger partial charge in [-0.25, -0.2) is 8.78 Å². The highest BCUT2D eigenvalue weighted by atomic mass is 19.1. The Labute approximate surface area is 105 Å². The molecule has 0 aliphatic carbocycles. The molecule has 1 heterocycles. The topological polar surface area (TPSA) is 41.1 Å². The molecule has 1 aliphatic heterocycles. The van der Waals surface area contributed by atoms with E-state index in [1.54, 1.807) is 0 Å². The summed E-state index contributed by atoms with van der Waals surface area (Å²) < 4.78 is 26.1. The molecule has 2 N–H and O–H groups in total. The van der Waals surface area contributed by atoms with Crippen LogP contribution in [0.4, 0.5) is 8.78 Å². The molecule has 0 saturated carbocycles. The third-order valence-corrected chi connectivity index (χ3v) is 3.10. The maximum Gasteiger partial charge on any atom is 0.254 e. The zero-order chi connectivity index (χ0) is 13.0. The van der Waals surface area contributed by atoms with E-state index >= 15 is 0 Å². The molecule has 5 heteroatoms. The first-order valence-corrected chi connectivity index (χ1v) is 6.13. The summed E-state index contributed by atoms with van der Waals surface area (Å²) in [5, 5.41) is 5.95. The number of hydrogen-bond acceptors (Lipinski definition) is 2. The summed E-state index contributed by atoms with van der Waals surface area (Å²) >= 11 is 0. The molecule has 1 unspecified atom stereocenters. The SMILES string of the molecule is O=C(NCC1CCCCN1)c1ccc(F)cc1F. The second-order valence-electron chi connectivity index (χ2n) is 4.48. The minimum absolute atomic E-state index is 0.118. The van der Waals surface area contributed by atoms with Gasteiger partial charge in [0.05, 0.1) is 5.56 Å². The van der Waals surface area contributed by atoms with E-state index < -0.39 is 17.5 Å². The average molecular weight is 254 g/mol. The van der Waals surface area contributed by atoms with Crippen molar-refractivity contribution in [1.29, 1.82) is 0 Å². The van der Waals surface area contributed by atoms with Crippen molar-refractivity contribution in [1.82, 2.24) is 10.6 Å². The summed E-state index contributed by atoms with van der Waals surface area (Å²) in [6, 6.07) is 3.20. The minimum Gasteiger partial charge on any atom is -0.350 e. The van der Waals surface area contributed by atoms with Crippen molar-refractivity contribution in [2.24, 2.45) is 0 Å². The number of nitrogens with one attached hydrogen (secondary N) is 2. The van der Waals surface area contributed by atoms with Gasteiger partial charge in [-0.1, -0.05) is 6.42 Å². The lowest BCUT2D eigenvalue weighted by atomic mass is 10.0. The second-order valence-corrected chi connectivity index (χ2v) is 4.48. The van der Waals surface area contributed by atoms with Crippen LogP contribution in [0.5, 0.6) is 0 Å². The van der Waals surface area contributed by atoms with Crippen molar-refractivity contribution in [2.45, 2.75) is 25.3 Å². The first kappa shape index (κ1) is 13.0. The van der Waals surface area contributed by atoms with E-state index in [0.29, 0.717) is 12.6 Å². The number of carbonyl (C=O) groups is 1. The summed E-state index contributed by atoms with van der Waals surface area (Å²) in [4.78, 5) is 11.7. The fourth-order valence-corrected chi connectivity index (χ4v) is 2.08. The highest BCUT2D eigenvalue weighted by Gasteiger charge is 2.16. The fraction of sp³-hybridized carbons (Fsp3) is 0.462. The Hall–Kier alpha value is -1.49. The standard InChI is InChI=1S/C13H16F2N2O/c14-9-4-5-11(12(15)7-9)13(18)17-8-10-3-1-2-6-16-10/h4-5,7,10,16H,1-3,6,8H2,(H,17,18). The molecule has 0 spiro atoms. The normalized spacial score (nSPS) is 19.6. The third-order valence-electron chi connectivity index (χ3n) is 3.10. The zero-order valence-electron chi connectivity index (χ0n) is 10.0. The highest BCUT2D eigenvalue weighted by molar-refractivity contribution is 5.94. The van der Waals surface area contributed by atoms with Crippen LogP contribution in [0.2, 0.25) is 0 Å². The summed E-state index contributed by atoms with van der Waals surface area (Å²) in [6.45, 7) is 1.42. The van der Waals surface area contributed by atoms with Gasteiger partial charge in [-0.15, -0.1) is 0 Å². The van der Waals surface area contributed by atoms with Crippen molar-refractivity contribution in [3.8, 4) is 0 Å². The maximum absolute atomic E-state index is 13.3. The Morgan fingerprint density at radius 3 is 2.89 bits per heavy atom. The van der Waals surface area contributed by atoms with Crippen molar-refractivity contribution in [2.75, 3.05) is 13.1 Å². The van der Waals surface area contributed by atoms with Gasteiger partial charge in [0, 0.05) is 18.7 Å². The van der Waals surface area contributed by atoms with E-state index in [4.69, 9.17) is 0 Å². The quantitative estimate of drug-likeness (QED) is 0.864. The molecule has 3 nitrogen and oxygen atoms in total. The van der Waals surface area contributed by atoms with Crippen molar-refractivity contribution < 1.29 is 13.6 Å². The van der Waals surface area contributed by atoms with Crippen LogP contribution in [0.15, 0.2) is 18.2 Å². The second kappa shape index (κ2) is 5.91. The van der Waals surface area contributed by atoms with Gasteiger partial charge < -0.3 is 10.6 Å². The van der Waals surface area contributed by atoms with Crippen LogP contribution >= 0.6 is 0 Å².